The lowest BCUT2D eigenvalue weighted by atomic mass is 10.0. The van der Waals surface area contributed by atoms with Crippen molar-refractivity contribution in [1.29, 1.82) is 0 Å². The van der Waals surface area contributed by atoms with Gasteiger partial charge in [-0.2, -0.15) is 4.31 Å². The van der Waals surface area contributed by atoms with Crippen LogP contribution in [0.4, 0.5) is 0 Å². The zero-order chi connectivity index (χ0) is 12.5. The van der Waals surface area contributed by atoms with Crippen LogP contribution in [0.5, 0.6) is 0 Å². The molecule has 94 valence electrons. The van der Waals surface area contributed by atoms with Crippen molar-refractivity contribution in [2.75, 3.05) is 13.1 Å². The number of sulfonamides is 1. The zero-order valence-corrected chi connectivity index (χ0v) is 11.3. The van der Waals surface area contributed by atoms with Crippen LogP contribution >= 0.6 is 11.6 Å². The summed E-state index contributed by atoms with van der Waals surface area (Å²) in [6, 6.07) is 6.36. The molecule has 1 saturated heterocycles. The number of benzene rings is 1. The highest BCUT2D eigenvalue weighted by Gasteiger charge is 2.28. The molecule has 0 aromatic heterocycles. The van der Waals surface area contributed by atoms with E-state index in [4.69, 9.17) is 11.6 Å². The Labute approximate surface area is 107 Å². The van der Waals surface area contributed by atoms with Crippen LogP contribution in [0.3, 0.4) is 0 Å². The number of halogens is 1. The molecule has 0 bridgehead atoms. The lowest BCUT2D eigenvalue weighted by Crippen LogP contribution is -2.39. The normalized spacial score (nSPS) is 22.6. The molecule has 1 aliphatic heterocycles. The minimum atomic E-state index is -3.34. The molecule has 0 spiro atoms. The molecule has 0 aliphatic carbocycles. The van der Waals surface area contributed by atoms with E-state index in [1.165, 1.54) is 0 Å². The first-order valence-electron chi connectivity index (χ1n) is 5.76. The van der Waals surface area contributed by atoms with E-state index in [1.54, 1.807) is 28.6 Å². The Hall–Kier alpha value is -0.580. The summed E-state index contributed by atoms with van der Waals surface area (Å²) in [5.41, 5.74) is 0. The van der Waals surface area contributed by atoms with Crippen molar-refractivity contribution in [2.24, 2.45) is 5.92 Å². The fourth-order valence-electron chi connectivity index (χ4n) is 2.12. The maximum Gasteiger partial charge on any atom is 0.243 e. The second-order valence-corrected chi connectivity index (χ2v) is 6.94. The fourth-order valence-corrected chi connectivity index (χ4v) is 3.84. The van der Waals surface area contributed by atoms with Crippen molar-refractivity contribution < 1.29 is 8.42 Å². The first kappa shape index (κ1) is 12.9. The molecule has 17 heavy (non-hydrogen) atoms. The molecule has 1 atom stereocenters. The van der Waals surface area contributed by atoms with E-state index >= 15 is 0 Å². The Kier molecular flexibility index (Phi) is 3.76. The van der Waals surface area contributed by atoms with Crippen LogP contribution < -0.4 is 0 Å². The number of hydrogen-bond donors (Lipinski definition) is 0. The SMILES string of the molecule is C[C@@H]1CCCN(S(=O)(=O)c2ccc(Cl)cc2)C1. The summed E-state index contributed by atoms with van der Waals surface area (Å²) in [6.07, 6.45) is 2.04. The van der Waals surface area contributed by atoms with Gasteiger partial charge in [0.1, 0.15) is 0 Å². The van der Waals surface area contributed by atoms with E-state index in [1.807, 2.05) is 0 Å². The predicted octanol–water partition coefficient (Wildman–Crippen LogP) is 2.76. The molecule has 1 heterocycles. The minimum Gasteiger partial charge on any atom is -0.207 e. The monoisotopic (exact) mass is 273 g/mol. The molecular formula is C12H16ClNO2S. The van der Waals surface area contributed by atoms with Crippen molar-refractivity contribution in [1.82, 2.24) is 4.31 Å². The largest absolute Gasteiger partial charge is 0.243 e. The van der Waals surface area contributed by atoms with Crippen LogP contribution in [-0.4, -0.2) is 25.8 Å². The molecule has 0 unspecified atom stereocenters. The lowest BCUT2D eigenvalue weighted by molar-refractivity contribution is 0.281. The van der Waals surface area contributed by atoms with E-state index < -0.39 is 10.0 Å². The Bertz CT molecular complexity index is 484. The summed E-state index contributed by atoms with van der Waals surface area (Å²) >= 11 is 5.76. The van der Waals surface area contributed by atoms with Gasteiger partial charge in [0.2, 0.25) is 10.0 Å². The molecule has 1 aromatic carbocycles. The van der Waals surface area contributed by atoms with E-state index in [-0.39, 0.29) is 0 Å². The molecule has 0 radical (unpaired) electrons. The highest BCUT2D eigenvalue weighted by atomic mass is 35.5. The highest BCUT2D eigenvalue weighted by Crippen LogP contribution is 2.24. The fraction of sp³-hybridized carbons (Fsp3) is 0.500. The summed E-state index contributed by atoms with van der Waals surface area (Å²) in [4.78, 5) is 0.330. The van der Waals surface area contributed by atoms with Crippen LogP contribution in [0.2, 0.25) is 5.02 Å². The molecule has 1 aromatic rings. The Balaban J connectivity index is 2.26. The molecule has 0 saturated carbocycles. The van der Waals surface area contributed by atoms with Crippen molar-refractivity contribution in [3.8, 4) is 0 Å². The number of rotatable bonds is 2. The quantitative estimate of drug-likeness (QED) is 0.831. The maximum atomic E-state index is 12.3. The van der Waals surface area contributed by atoms with Gasteiger partial charge in [-0.3, -0.25) is 0 Å². The van der Waals surface area contributed by atoms with Gasteiger partial charge in [-0.25, -0.2) is 8.42 Å². The first-order valence-corrected chi connectivity index (χ1v) is 7.57. The molecule has 2 rings (SSSR count). The average Bonchev–Trinajstić information content (AvgIpc) is 2.29. The molecule has 0 N–H and O–H groups in total. The van der Waals surface area contributed by atoms with Crippen molar-refractivity contribution in [3.05, 3.63) is 29.3 Å². The third-order valence-electron chi connectivity index (χ3n) is 3.07. The topological polar surface area (TPSA) is 37.4 Å². The summed E-state index contributed by atoms with van der Waals surface area (Å²) < 4.78 is 26.2. The highest BCUT2D eigenvalue weighted by molar-refractivity contribution is 7.89. The van der Waals surface area contributed by atoms with Gasteiger partial charge in [0, 0.05) is 18.1 Å². The number of nitrogens with zero attached hydrogens (tertiary/aromatic N) is 1. The van der Waals surface area contributed by atoms with Crippen molar-refractivity contribution in [3.63, 3.8) is 0 Å². The van der Waals surface area contributed by atoms with Gasteiger partial charge >= 0.3 is 0 Å². The van der Waals surface area contributed by atoms with Gasteiger partial charge in [0.15, 0.2) is 0 Å². The minimum absolute atomic E-state index is 0.330. The predicted molar refractivity (Wildman–Crippen MR) is 68.6 cm³/mol. The second-order valence-electron chi connectivity index (χ2n) is 4.56. The summed E-state index contributed by atoms with van der Waals surface area (Å²) in [7, 11) is -3.34. The van der Waals surface area contributed by atoms with Crippen LogP contribution in [-0.2, 0) is 10.0 Å². The third kappa shape index (κ3) is 2.81. The van der Waals surface area contributed by atoms with Crippen LogP contribution in [0, 0.1) is 5.92 Å². The van der Waals surface area contributed by atoms with E-state index in [0.29, 0.717) is 28.9 Å². The Morgan fingerprint density at radius 3 is 2.53 bits per heavy atom. The Morgan fingerprint density at radius 1 is 1.29 bits per heavy atom. The van der Waals surface area contributed by atoms with E-state index in [0.717, 1.165) is 12.8 Å². The summed E-state index contributed by atoms with van der Waals surface area (Å²) in [5, 5.41) is 0.552. The molecule has 5 heteroatoms. The van der Waals surface area contributed by atoms with Crippen LogP contribution in [0.25, 0.3) is 0 Å². The first-order chi connectivity index (χ1) is 8.00. The smallest absolute Gasteiger partial charge is 0.207 e. The average molecular weight is 274 g/mol. The molecular weight excluding hydrogens is 258 g/mol. The second kappa shape index (κ2) is 4.96. The maximum absolute atomic E-state index is 12.3. The van der Waals surface area contributed by atoms with Crippen molar-refractivity contribution in [2.45, 2.75) is 24.7 Å². The third-order valence-corrected chi connectivity index (χ3v) is 5.20. The standard InChI is InChI=1S/C12H16ClNO2S/c1-10-3-2-8-14(9-10)17(15,16)12-6-4-11(13)5-7-12/h4-7,10H,2-3,8-9H2,1H3/t10-/m1/s1. The molecule has 3 nitrogen and oxygen atoms in total. The van der Waals surface area contributed by atoms with Crippen molar-refractivity contribution >= 4 is 21.6 Å². The summed E-state index contributed by atoms with van der Waals surface area (Å²) in [6.45, 7) is 3.32. The van der Waals surface area contributed by atoms with E-state index in [9.17, 15) is 8.42 Å². The Morgan fingerprint density at radius 2 is 1.94 bits per heavy atom. The van der Waals surface area contributed by atoms with Crippen LogP contribution in [0.1, 0.15) is 19.8 Å². The molecule has 1 fully saturated rings. The number of piperidine rings is 1. The van der Waals surface area contributed by atoms with Gasteiger partial charge in [0.25, 0.3) is 0 Å². The molecule has 1 aliphatic rings. The molecule has 0 amide bonds. The van der Waals surface area contributed by atoms with Gasteiger partial charge in [0.05, 0.1) is 4.90 Å². The number of hydrogen-bond acceptors (Lipinski definition) is 2. The van der Waals surface area contributed by atoms with E-state index in [2.05, 4.69) is 6.92 Å². The van der Waals surface area contributed by atoms with Gasteiger partial charge in [-0.05, 0) is 43.0 Å². The van der Waals surface area contributed by atoms with Crippen LogP contribution in [0.15, 0.2) is 29.2 Å². The van der Waals surface area contributed by atoms with Gasteiger partial charge in [-0.1, -0.05) is 18.5 Å². The van der Waals surface area contributed by atoms with Gasteiger partial charge in [-0.15, -0.1) is 0 Å². The van der Waals surface area contributed by atoms with Gasteiger partial charge < -0.3 is 0 Å². The zero-order valence-electron chi connectivity index (χ0n) is 9.77. The summed E-state index contributed by atoms with van der Waals surface area (Å²) in [5.74, 6) is 0.436. The lowest BCUT2D eigenvalue weighted by Gasteiger charge is -2.30.